The Morgan fingerprint density at radius 2 is 1.86 bits per heavy atom. The van der Waals surface area contributed by atoms with Crippen molar-refractivity contribution in [1.82, 2.24) is 14.3 Å². The van der Waals surface area contributed by atoms with Gasteiger partial charge in [0.05, 0.1) is 11.7 Å². The second-order valence-corrected chi connectivity index (χ2v) is 7.71. The van der Waals surface area contributed by atoms with E-state index in [4.69, 9.17) is 11.6 Å². The summed E-state index contributed by atoms with van der Waals surface area (Å²) in [4.78, 5) is 23.9. The van der Waals surface area contributed by atoms with Gasteiger partial charge < -0.3 is 15.0 Å². The van der Waals surface area contributed by atoms with Crippen LogP contribution in [0.15, 0.2) is 47.5 Å². The fourth-order valence-corrected chi connectivity index (χ4v) is 3.29. The quantitative estimate of drug-likeness (QED) is 0.635. The molecule has 7 nitrogen and oxygen atoms in total. The molecule has 1 atom stereocenters. The summed E-state index contributed by atoms with van der Waals surface area (Å²) in [6.07, 6.45) is 3.43. The maximum atomic E-state index is 12.0. The zero-order valence-corrected chi connectivity index (χ0v) is 17.4. The topological polar surface area (TPSA) is 89.2 Å². The van der Waals surface area contributed by atoms with Crippen molar-refractivity contribution < 1.29 is 9.90 Å². The molecule has 0 spiro atoms. The van der Waals surface area contributed by atoms with Crippen LogP contribution in [0.5, 0.6) is 0 Å². The summed E-state index contributed by atoms with van der Waals surface area (Å²) < 4.78 is 3.13. The number of carboxylic acid groups (broad SMARTS) is 1. The highest BCUT2D eigenvalue weighted by atomic mass is 35.5. The first-order chi connectivity index (χ1) is 13.7. The summed E-state index contributed by atoms with van der Waals surface area (Å²) in [5.74, 6) is -1.10. The number of aromatic carboxylic acids is 1. The Balaban J connectivity index is 2.15. The molecule has 0 saturated carbocycles. The van der Waals surface area contributed by atoms with Crippen molar-refractivity contribution in [3.05, 3.63) is 80.5 Å². The van der Waals surface area contributed by atoms with E-state index < -0.39 is 12.0 Å². The molecule has 3 aromatic rings. The Morgan fingerprint density at radius 1 is 1.21 bits per heavy atom. The average Bonchev–Trinajstić information content (AvgIpc) is 3.11. The molecular weight excluding hydrogens is 392 g/mol. The van der Waals surface area contributed by atoms with Gasteiger partial charge in [0.25, 0.3) is 5.56 Å². The number of nitrogens with one attached hydrogen (secondary N) is 1. The number of anilines is 1. The van der Waals surface area contributed by atoms with Gasteiger partial charge in [-0.3, -0.25) is 9.48 Å². The van der Waals surface area contributed by atoms with E-state index in [1.54, 1.807) is 49.2 Å². The molecule has 8 heteroatoms. The number of carbonyl (C=O) groups is 1. The molecule has 29 heavy (non-hydrogen) atoms. The molecule has 2 heterocycles. The average molecular weight is 415 g/mol. The van der Waals surface area contributed by atoms with Crippen LogP contribution < -0.4 is 10.9 Å². The molecule has 2 N–H and O–H groups in total. The van der Waals surface area contributed by atoms with E-state index in [-0.39, 0.29) is 17.3 Å². The third-order valence-corrected chi connectivity index (χ3v) is 4.93. The number of carboxylic acids is 1. The largest absolute Gasteiger partial charge is 0.476 e. The SMILES string of the molecule is Cc1cc(NC(c2ccc(Cl)cc2)c2cn(C(C)C)nc2C(=O)O)cn(C)c1=O. The summed E-state index contributed by atoms with van der Waals surface area (Å²) in [5.41, 5.74) is 2.53. The fraction of sp³-hybridized carbons (Fsp3) is 0.286. The van der Waals surface area contributed by atoms with Gasteiger partial charge in [0.2, 0.25) is 0 Å². The van der Waals surface area contributed by atoms with Crippen LogP contribution in [0.4, 0.5) is 5.69 Å². The lowest BCUT2D eigenvalue weighted by Crippen LogP contribution is -2.21. The molecule has 2 aromatic heterocycles. The van der Waals surface area contributed by atoms with Crippen molar-refractivity contribution in [1.29, 1.82) is 0 Å². The van der Waals surface area contributed by atoms with Crippen molar-refractivity contribution in [3.63, 3.8) is 0 Å². The monoisotopic (exact) mass is 414 g/mol. The zero-order valence-electron chi connectivity index (χ0n) is 16.7. The van der Waals surface area contributed by atoms with Gasteiger partial charge in [-0.05, 0) is 44.5 Å². The van der Waals surface area contributed by atoms with Crippen LogP contribution in [-0.4, -0.2) is 25.4 Å². The molecule has 0 aliphatic heterocycles. The van der Waals surface area contributed by atoms with Gasteiger partial charge in [-0.2, -0.15) is 5.10 Å². The predicted octanol–water partition coefficient (Wildman–Crippen LogP) is 4.02. The fourth-order valence-electron chi connectivity index (χ4n) is 3.17. The molecule has 0 amide bonds. The summed E-state index contributed by atoms with van der Waals surface area (Å²) in [6, 6.07) is 8.45. The third-order valence-electron chi connectivity index (χ3n) is 4.68. The van der Waals surface area contributed by atoms with E-state index in [2.05, 4.69) is 10.4 Å². The minimum atomic E-state index is -1.10. The minimum Gasteiger partial charge on any atom is -0.476 e. The van der Waals surface area contributed by atoms with Crippen molar-refractivity contribution in [2.75, 3.05) is 5.32 Å². The van der Waals surface area contributed by atoms with Gasteiger partial charge in [-0.25, -0.2) is 4.79 Å². The zero-order chi connectivity index (χ0) is 21.3. The Labute approximate surface area is 173 Å². The van der Waals surface area contributed by atoms with Gasteiger partial charge in [-0.15, -0.1) is 0 Å². The number of pyridine rings is 1. The second-order valence-electron chi connectivity index (χ2n) is 7.27. The van der Waals surface area contributed by atoms with E-state index in [1.165, 1.54) is 4.57 Å². The normalized spacial score (nSPS) is 12.2. The molecule has 0 radical (unpaired) electrons. The first kappa shape index (κ1) is 20.7. The highest BCUT2D eigenvalue weighted by molar-refractivity contribution is 6.30. The van der Waals surface area contributed by atoms with E-state index in [0.717, 1.165) is 5.56 Å². The number of aryl methyl sites for hydroxylation is 2. The highest BCUT2D eigenvalue weighted by Crippen LogP contribution is 2.30. The molecule has 0 saturated heterocycles. The molecule has 0 aliphatic rings. The van der Waals surface area contributed by atoms with Gasteiger partial charge >= 0.3 is 5.97 Å². The smallest absolute Gasteiger partial charge is 0.356 e. The summed E-state index contributed by atoms with van der Waals surface area (Å²) in [5, 5.41) is 17.9. The van der Waals surface area contributed by atoms with Crippen molar-refractivity contribution in [3.8, 4) is 0 Å². The van der Waals surface area contributed by atoms with Crippen LogP contribution in [0.2, 0.25) is 5.02 Å². The molecule has 0 fully saturated rings. The second kappa shape index (κ2) is 8.13. The third kappa shape index (κ3) is 4.35. The van der Waals surface area contributed by atoms with Crippen LogP contribution in [0.3, 0.4) is 0 Å². The van der Waals surface area contributed by atoms with Gasteiger partial charge in [0.15, 0.2) is 5.69 Å². The lowest BCUT2D eigenvalue weighted by molar-refractivity contribution is 0.0688. The van der Waals surface area contributed by atoms with Gasteiger partial charge in [0, 0.05) is 41.6 Å². The van der Waals surface area contributed by atoms with E-state index in [9.17, 15) is 14.7 Å². The first-order valence-corrected chi connectivity index (χ1v) is 9.56. The van der Waals surface area contributed by atoms with Crippen LogP contribution in [0, 0.1) is 6.92 Å². The molecule has 3 rings (SSSR count). The summed E-state index contributed by atoms with van der Waals surface area (Å²) in [7, 11) is 1.68. The number of hydrogen-bond acceptors (Lipinski definition) is 4. The van der Waals surface area contributed by atoms with Crippen LogP contribution in [-0.2, 0) is 7.05 Å². The number of nitrogens with zero attached hydrogens (tertiary/aromatic N) is 3. The Kier molecular flexibility index (Phi) is 5.79. The molecule has 0 bridgehead atoms. The number of benzene rings is 1. The number of aromatic nitrogens is 3. The lowest BCUT2D eigenvalue weighted by atomic mass is 9.98. The van der Waals surface area contributed by atoms with Crippen molar-refractivity contribution in [2.24, 2.45) is 7.05 Å². The molecule has 1 unspecified atom stereocenters. The molecule has 1 aromatic carbocycles. The van der Waals surface area contributed by atoms with E-state index in [1.807, 2.05) is 26.0 Å². The first-order valence-electron chi connectivity index (χ1n) is 9.19. The number of hydrogen-bond donors (Lipinski definition) is 2. The molecule has 152 valence electrons. The Bertz CT molecular complexity index is 1070. The van der Waals surface area contributed by atoms with Gasteiger partial charge in [-0.1, -0.05) is 23.7 Å². The highest BCUT2D eigenvalue weighted by Gasteiger charge is 2.26. The molecule has 0 aliphatic carbocycles. The minimum absolute atomic E-state index is 0.00695. The van der Waals surface area contributed by atoms with Gasteiger partial charge in [0.1, 0.15) is 0 Å². The summed E-state index contributed by atoms with van der Waals surface area (Å²) in [6.45, 7) is 5.61. The van der Waals surface area contributed by atoms with Crippen molar-refractivity contribution in [2.45, 2.75) is 32.9 Å². The molecular formula is C21H23ClN4O3. The van der Waals surface area contributed by atoms with Crippen LogP contribution in [0.1, 0.15) is 53.1 Å². The lowest BCUT2D eigenvalue weighted by Gasteiger charge is -2.21. The maximum absolute atomic E-state index is 12.0. The number of halogens is 1. The predicted molar refractivity (Wildman–Crippen MR) is 113 cm³/mol. The van der Waals surface area contributed by atoms with Crippen LogP contribution in [0.25, 0.3) is 0 Å². The number of rotatable bonds is 6. The van der Waals surface area contributed by atoms with E-state index in [0.29, 0.717) is 21.8 Å². The van der Waals surface area contributed by atoms with Crippen LogP contribution >= 0.6 is 11.6 Å². The summed E-state index contributed by atoms with van der Waals surface area (Å²) >= 11 is 6.04. The van der Waals surface area contributed by atoms with E-state index >= 15 is 0 Å². The van der Waals surface area contributed by atoms with Crippen molar-refractivity contribution >= 4 is 23.3 Å². The Morgan fingerprint density at radius 3 is 2.41 bits per heavy atom. The standard InChI is InChI=1S/C21H23ClN4O3/c1-12(2)26-11-17(19(24-26)21(28)29)18(14-5-7-15(22)8-6-14)23-16-9-13(3)20(27)25(4)10-16/h5-12,18,23H,1-4H3,(H,28,29). The maximum Gasteiger partial charge on any atom is 0.356 e. The Hall–Kier alpha value is -3.06.